The van der Waals surface area contributed by atoms with Gasteiger partial charge in [0, 0.05) is 18.8 Å². The second-order valence-electron chi connectivity index (χ2n) is 5.05. The van der Waals surface area contributed by atoms with E-state index in [0.717, 1.165) is 18.9 Å². The predicted molar refractivity (Wildman–Crippen MR) is 71.9 cm³/mol. The van der Waals surface area contributed by atoms with Gasteiger partial charge in [-0.1, -0.05) is 32.8 Å². The summed E-state index contributed by atoms with van der Waals surface area (Å²) >= 11 is 0. The number of hydrogen-bond acceptors (Lipinski definition) is 2. The van der Waals surface area contributed by atoms with Crippen LogP contribution >= 0.6 is 0 Å². The van der Waals surface area contributed by atoms with Crippen LogP contribution in [-0.2, 0) is 13.0 Å². The quantitative estimate of drug-likeness (QED) is 0.842. The Morgan fingerprint density at radius 3 is 3.00 bits per heavy atom. The van der Waals surface area contributed by atoms with Crippen LogP contribution in [0, 0.1) is 5.92 Å². The first kappa shape index (κ1) is 12.6. The molecule has 1 heterocycles. The van der Waals surface area contributed by atoms with Gasteiger partial charge in [-0.3, -0.25) is 4.98 Å². The van der Waals surface area contributed by atoms with Crippen molar-refractivity contribution in [1.82, 2.24) is 10.3 Å². The molecule has 1 aromatic heterocycles. The summed E-state index contributed by atoms with van der Waals surface area (Å²) in [5.74, 6) is 0.879. The van der Waals surface area contributed by atoms with E-state index in [9.17, 15) is 0 Å². The van der Waals surface area contributed by atoms with E-state index in [4.69, 9.17) is 0 Å². The molecule has 2 unspecified atom stereocenters. The lowest BCUT2D eigenvalue weighted by Gasteiger charge is -2.20. The van der Waals surface area contributed by atoms with Crippen LogP contribution in [0.15, 0.2) is 18.3 Å². The predicted octanol–water partition coefficient (Wildman–Crippen LogP) is 3.31. The van der Waals surface area contributed by atoms with E-state index in [1.54, 1.807) is 0 Å². The highest BCUT2D eigenvalue weighted by Crippen LogP contribution is 2.28. The zero-order chi connectivity index (χ0) is 12.1. The smallest absolute Gasteiger partial charge is 0.0573 e. The molecule has 1 fully saturated rings. The van der Waals surface area contributed by atoms with E-state index in [1.807, 2.05) is 12.3 Å². The van der Waals surface area contributed by atoms with Gasteiger partial charge in [0.05, 0.1) is 5.69 Å². The van der Waals surface area contributed by atoms with Gasteiger partial charge in [0.2, 0.25) is 0 Å². The summed E-state index contributed by atoms with van der Waals surface area (Å²) < 4.78 is 0. The summed E-state index contributed by atoms with van der Waals surface area (Å²) in [6, 6.07) is 4.94. The summed E-state index contributed by atoms with van der Waals surface area (Å²) in [6.07, 6.45) is 8.41. The molecular weight excluding hydrogens is 208 g/mol. The lowest BCUT2D eigenvalue weighted by molar-refractivity contribution is 0.387. The van der Waals surface area contributed by atoms with Crippen LogP contribution in [0.25, 0.3) is 0 Å². The molecule has 0 aromatic carbocycles. The fraction of sp³-hybridized carbons (Fsp3) is 0.667. The van der Waals surface area contributed by atoms with Gasteiger partial charge in [-0.05, 0) is 36.8 Å². The van der Waals surface area contributed by atoms with Crippen molar-refractivity contribution in [3.8, 4) is 0 Å². The standard InChI is InChI=1S/C15H24N2/c1-3-12-7-5-9-14(12)17-11-15-13(4-2)8-6-10-16-15/h6,8,10,12,14,17H,3-5,7,9,11H2,1-2H3. The summed E-state index contributed by atoms with van der Waals surface area (Å²) in [5, 5.41) is 3.71. The number of nitrogens with one attached hydrogen (secondary N) is 1. The SMILES string of the molecule is CCc1cccnc1CNC1CCCC1CC. The summed E-state index contributed by atoms with van der Waals surface area (Å²) in [4.78, 5) is 4.50. The number of pyridine rings is 1. The molecule has 1 N–H and O–H groups in total. The summed E-state index contributed by atoms with van der Waals surface area (Å²) in [6.45, 7) is 5.44. The lowest BCUT2D eigenvalue weighted by Crippen LogP contribution is -2.32. The maximum atomic E-state index is 4.50. The first-order valence-electron chi connectivity index (χ1n) is 7.01. The van der Waals surface area contributed by atoms with E-state index >= 15 is 0 Å². The van der Waals surface area contributed by atoms with Crippen LogP contribution in [0.5, 0.6) is 0 Å². The van der Waals surface area contributed by atoms with Gasteiger partial charge >= 0.3 is 0 Å². The number of nitrogens with zero attached hydrogens (tertiary/aromatic N) is 1. The molecular formula is C15H24N2. The normalized spacial score (nSPS) is 24.1. The van der Waals surface area contributed by atoms with Crippen LogP contribution in [0.1, 0.15) is 50.8 Å². The molecule has 1 aliphatic rings. The van der Waals surface area contributed by atoms with E-state index in [2.05, 4.69) is 30.2 Å². The van der Waals surface area contributed by atoms with E-state index in [0.29, 0.717) is 6.04 Å². The Balaban J connectivity index is 1.93. The van der Waals surface area contributed by atoms with E-state index in [1.165, 1.54) is 36.9 Å². The molecule has 0 aliphatic heterocycles. The van der Waals surface area contributed by atoms with Crippen molar-refractivity contribution < 1.29 is 0 Å². The average Bonchev–Trinajstić information content (AvgIpc) is 2.84. The highest BCUT2D eigenvalue weighted by Gasteiger charge is 2.25. The van der Waals surface area contributed by atoms with Crippen molar-refractivity contribution in [2.75, 3.05) is 0 Å². The molecule has 0 bridgehead atoms. The van der Waals surface area contributed by atoms with Gasteiger partial charge in [0.25, 0.3) is 0 Å². The number of aryl methyl sites for hydroxylation is 1. The number of hydrogen-bond donors (Lipinski definition) is 1. The van der Waals surface area contributed by atoms with Crippen molar-refractivity contribution in [1.29, 1.82) is 0 Å². The van der Waals surface area contributed by atoms with Gasteiger partial charge < -0.3 is 5.32 Å². The molecule has 94 valence electrons. The third-order valence-corrected chi connectivity index (χ3v) is 4.08. The average molecular weight is 232 g/mol. The maximum Gasteiger partial charge on any atom is 0.0573 e. The lowest BCUT2D eigenvalue weighted by atomic mass is 10.0. The van der Waals surface area contributed by atoms with Gasteiger partial charge in [-0.15, -0.1) is 0 Å². The third kappa shape index (κ3) is 3.06. The van der Waals surface area contributed by atoms with Crippen molar-refractivity contribution in [2.45, 2.75) is 58.5 Å². The molecule has 2 rings (SSSR count). The number of rotatable bonds is 5. The molecule has 1 saturated carbocycles. The fourth-order valence-corrected chi connectivity index (χ4v) is 2.97. The third-order valence-electron chi connectivity index (χ3n) is 4.08. The van der Waals surface area contributed by atoms with Gasteiger partial charge in [0.15, 0.2) is 0 Å². The second-order valence-corrected chi connectivity index (χ2v) is 5.05. The molecule has 0 amide bonds. The summed E-state index contributed by atoms with van der Waals surface area (Å²) in [7, 11) is 0. The van der Waals surface area contributed by atoms with Gasteiger partial charge in [-0.2, -0.15) is 0 Å². The monoisotopic (exact) mass is 232 g/mol. The Bertz CT molecular complexity index is 349. The van der Waals surface area contributed by atoms with Crippen LogP contribution in [0.2, 0.25) is 0 Å². The minimum absolute atomic E-state index is 0.715. The summed E-state index contributed by atoms with van der Waals surface area (Å²) in [5.41, 5.74) is 2.61. The second kappa shape index (κ2) is 6.15. The van der Waals surface area contributed by atoms with Crippen LogP contribution in [0.4, 0.5) is 0 Å². The van der Waals surface area contributed by atoms with E-state index < -0.39 is 0 Å². The van der Waals surface area contributed by atoms with Crippen molar-refractivity contribution >= 4 is 0 Å². The molecule has 2 nitrogen and oxygen atoms in total. The highest BCUT2D eigenvalue weighted by molar-refractivity contribution is 5.19. The van der Waals surface area contributed by atoms with Crippen LogP contribution in [0.3, 0.4) is 0 Å². The molecule has 1 aromatic rings. The Hall–Kier alpha value is -0.890. The zero-order valence-electron chi connectivity index (χ0n) is 11.1. The highest BCUT2D eigenvalue weighted by atomic mass is 14.9. The Morgan fingerprint density at radius 1 is 1.35 bits per heavy atom. The topological polar surface area (TPSA) is 24.9 Å². The maximum absolute atomic E-state index is 4.50. The minimum Gasteiger partial charge on any atom is -0.308 e. The van der Waals surface area contributed by atoms with Crippen molar-refractivity contribution in [3.63, 3.8) is 0 Å². The molecule has 17 heavy (non-hydrogen) atoms. The first-order valence-corrected chi connectivity index (χ1v) is 7.01. The van der Waals surface area contributed by atoms with E-state index in [-0.39, 0.29) is 0 Å². The Morgan fingerprint density at radius 2 is 2.24 bits per heavy atom. The molecule has 0 saturated heterocycles. The van der Waals surface area contributed by atoms with Gasteiger partial charge in [-0.25, -0.2) is 0 Å². The molecule has 2 atom stereocenters. The largest absolute Gasteiger partial charge is 0.308 e. The van der Waals surface area contributed by atoms with Gasteiger partial charge in [0.1, 0.15) is 0 Å². The first-order chi connectivity index (χ1) is 8.35. The van der Waals surface area contributed by atoms with Crippen LogP contribution < -0.4 is 5.32 Å². The minimum atomic E-state index is 0.715. The Labute approximate surface area is 105 Å². The molecule has 1 aliphatic carbocycles. The fourth-order valence-electron chi connectivity index (χ4n) is 2.97. The number of aromatic nitrogens is 1. The molecule has 0 radical (unpaired) electrons. The van der Waals surface area contributed by atoms with Crippen LogP contribution in [-0.4, -0.2) is 11.0 Å². The Kier molecular flexibility index (Phi) is 4.55. The molecule has 2 heteroatoms. The van der Waals surface area contributed by atoms with Crippen molar-refractivity contribution in [3.05, 3.63) is 29.6 Å². The molecule has 0 spiro atoms. The zero-order valence-corrected chi connectivity index (χ0v) is 11.1. The van der Waals surface area contributed by atoms with Crippen molar-refractivity contribution in [2.24, 2.45) is 5.92 Å².